The van der Waals surface area contributed by atoms with Crippen molar-refractivity contribution in [2.45, 2.75) is 102 Å². The van der Waals surface area contributed by atoms with Crippen LogP contribution < -0.4 is 22.1 Å². The van der Waals surface area contributed by atoms with E-state index in [1.54, 1.807) is 0 Å². The lowest BCUT2D eigenvalue weighted by molar-refractivity contribution is -0.141. The van der Waals surface area contributed by atoms with E-state index < -0.39 is 30.0 Å². The second kappa shape index (κ2) is 19.7. The van der Waals surface area contributed by atoms with Gasteiger partial charge < -0.3 is 32.1 Å². The maximum absolute atomic E-state index is 14.1. The lowest BCUT2D eigenvalue weighted by atomic mass is 9.88. The van der Waals surface area contributed by atoms with Crippen molar-refractivity contribution >= 4 is 23.5 Å². The van der Waals surface area contributed by atoms with Crippen LogP contribution in [0.25, 0.3) is 0 Å². The first-order valence-electron chi connectivity index (χ1n) is 18.4. The van der Waals surface area contributed by atoms with E-state index in [9.17, 15) is 24.3 Å². The molecule has 3 amide bonds. The summed E-state index contributed by atoms with van der Waals surface area (Å²) in [7, 11) is 0. The van der Waals surface area contributed by atoms with Gasteiger partial charge >= 0.3 is 0 Å². The fraction of sp³-hybridized carbons (Fsp3) is 0.590. The smallest absolute Gasteiger partial charge is 0.245 e. The minimum Gasteiger partial charge on any atom is -0.395 e. The molecular formula is C39H58N6O5. The fourth-order valence-electron chi connectivity index (χ4n) is 7.48. The molecule has 2 aliphatic rings. The molecule has 2 saturated heterocycles. The third-order valence-corrected chi connectivity index (χ3v) is 10.1. The Morgan fingerprint density at radius 1 is 0.840 bits per heavy atom. The summed E-state index contributed by atoms with van der Waals surface area (Å²) in [5.41, 5.74) is 13.9. The van der Waals surface area contributed by atoms with Gasteiger partial charge in [0, 0.05) is 44.1 Å². The van der Waals surface area contributed by atoms with E-state index in [1.807, 2.05) is 79.4 Å². The van der Waals surface area contributed by atoms with E-state index in [0.29, 0.717) is 51.9 Å². The number of likely N-dealkylation sites (tertiary alicyclic amines) is 1. The molecule has 50 heavy (non-hydrogen) atoms. The Kier molecular flexibility index (Phi) is 15.4. The van der Waals surface area contributed by atoms with Crippen LogP contribution >= 0.6 is 0 Å². The minimum atomic E-state index is -0.873. The monoisotopic (exact) mass is 690 g/mol. The Balaban J connectivity index is 1.47. The van der Waals surface area contributed by atoms with Crippen LogP contribution in [0.5, 0.6) is 0 Å². The first-order chi connectivity index (χ1) is 24.1. The van der Waals surface area contributed by atoms with E-state index in [-0.39, 0.29) is 55.0 Å². The molecule has 7 N–H and O–H groups in total. The van der Waals surface area contributed by atoms with Crippen molar-refractivity contribution in [2.24, 2.45) is 23.3 Å². The average molecular weight is 691 g/mol. The van der Waals surface area contributed by atoms with Crippen LogP contribution in [0, 0.1) is 11.8 Å². The van der Waals surface area contributed by atoms with E-state index >= 15 is 0 Å². The molecule has 2 bridgehead atoms. The largest absolute Gasteiger partial charge is 0.395 e. The average Bonchev–Trinajstić information content (AvgIpc) is 3.32. The van der Waals surface area contributed by atoms with Crippen LogP contribution in [0.15, 0.2) is 60.7 Å². The van der Waals surface area contributed by atoms with E-state index in [2.05, 4.69) is 15.5 Å². The van der Waals surface area contributed by atoms with Crippen molar-refractivity contribution in [3.63, 3.8) is 0 Å². The highest BCUT2D eigenvalue weighted by Gasteiger charge is 2.42. The number of hydrogen-bond acceptors (Lipinski definition) is 8. The minimum absolute atomic E-state index is 0.0800. The number of aliphatic hydroxyl groups excluding tert-OH is 1. The van der Waals surface area contributed by atoms with Gasteiger partial charge in [-0.2, -0.15) is 0 Å². The molecule has 6 atom stereocenters. The number of carbonyl (C=O) groups excluding carboxylic acids is 4. The van der Waals surface area contributed by atoms with Crippen LogP contribution in [0.2, 0.25) is 0 Å². The molecule has 0 aromatic heterocycles. The zero-order valence-electron chi connectivity index (χ0n) is 29.8. The van der Waals surface area contributed by atoms with Crippen LogP contribution in [0.4, 0.5) is 0 Å². The molecule has 11 nitrogen and oxygen atoms in total. The number of nitrogens with zero attached hydrogens (tertiary/aromatic N) is 2. The number of hydrogen-bond donors (Lipinski definition) is 5. The van der Waals surface area contributed by atoms with E-state index in [4.69, 9.17) is 11.5 Å². The molecule has 0 aliphatic carbocycles. The lowest BCUT2D eigenvalue weighted by Gasteiger charge is -2.42. The summed E-state index contributed by atoms with van der Waals surface area (Å²) in [6.45, 7) is 6.32. The molecule has 0 radical (unpaired) electrons. The van der Waals surface area contributed by atoms with E-state index in [0.717, 1.165) is 30.4 Å². The maximum atomic E-state index is 14.1. The molecule has 2 aromatic rings. The van der Waals surface area contributed by atoms with Gasteiger partial charge in [0.1, 0.15) is 6.04 Å². The predicted molar refractivity (Wildman–Crippen MR) is 195 cm³/mol. The summed E-state index contributed by atoms with van der Waals surface area (Å²) in [6.07, 6.45) is 4.81. The molecule has 4 rings (SSSR count). The maximum Gasteiger partial charge on any atom is 0.245 e. The normalized spacial score (nSPS) is 19.8. The van der Waals surface area contributed by atoms with Crippen molar-refractivity contribution < 1.29 is 24.3 Å². The molecule has 0 spiro atoms. The highest BCUT2D eigenvalue weighted by atomic mass is 16.3. The number of unbranched alkanes of at least 4 members (excludes halogenated alkanes) is 1. The highest BCUT2D eigenvalue weighted by molar-refractivity contribution is 5.95. The number of ketones is 1. The Bertz CT molecular complexity index is 1360. The predicted octanol–water partition coefficient (Wildman–Crippen LogP) is 2.19. The number of carbonyl (C=O) groups is 4. The number of rotatable bonds is 20. The van der Waals surface area contributed by atoms with Gasteiger partial charge in [0.25, 0.3) is 0 Å². The lowest BCUT2D eigenvalue weighted by Crippen LogP contribution is -2.59. The molecule has 6 unspecified atom stereocenters. The first kappa shape index (κ1) is 39.2. The Morgan fingerprint density at radius 3 is 1.98 bits per heavy atom. The van der Waals surface area contributed by atoms with E-state index in [1.165, 1.54) is 0 Å². The summed E-state index contributed by atoms with van der Waals surface area (Å²) >= 11 is 0. The van der Waals surface area contributed by atoms with Gasteiger partial charge in [-0.15, -0.1) is 0 Å². The molecular weight excluding hydrogens is 632 g/mol. The quantitative estimate of drug-likeness (QED) is 0.132. The number of nitrogens with one attached hydrogen (secondary N) is 2. The van der Waals surface area contributed by atoms with Crippen LogP contribution in [0.3, 0.4) is 0 Å². The third kappa shape index (κ3) is 11.4. The number of aliphatic hydroxyl groups is 1. The number of Topliss-reactive ketones (excluding diaryl/α,β-unsaturated/α-hetero) is 1. The Hall–Kier alpha value is -3.64. The number of amides is 3. The molecule has 2 fully saturated rings. The van der Waals surface area contributed by atoms with Crippen molar-refractivity contribution in [3.05, 3.63) is 71.8 Å². The molecule has 2 aromatic carbocycles. The van der Waals surface area contributed by atoms with Gasteiger partial charge in [0.05, 0.1) is 18.7 Å². The number of benzene rings is 2. The van der Waals surface area contributed by atoms with Gasteiger partial charge in [0.2, 0.25) is 17.7 Å². The summed E-state index contributed by atoms with van der Waals surface area (Å²) in [5, 5.41) is 15.5. The second-order valence-corrected chi connectivity index (χ2v) is 14.5. The Labute approximate surface area is 297 Å². The summed E-state index contributed by atoms with van der Waals surface area (Å²) in [5.74, 6) is -1.68. The Morgan fingerprint density at radius 2 is 1.42 bits per heavy atom. The second-order valence-electron chi connectivity index (χ2n) is 14.5. The number of fused-ring (bicyclic) bond motifs is 2. The summed E-state index contributed by atoms with van der Waals surface area (Å²) in [4.78, 5) is 59.6. The first-order valence-corrected chi connectivity index (χ1v) is 18.4. The van der Waals surface area contributed by atoms with Crippen LogP contribution in [0.1, 0.15) is 69.9 Å². The van der Waals surface area contributed by atoms with Gasteiger partial charge in [-0.25, -0.2) is 0 Å². The van der Waals surface area contributed by atoms with Crippen LogP contribution in [-0.4, -0.2) is 101 Å². The molecule has 2 aliphatic heterocycles. The fourth-order valence-corrected chi connectivity index (χ4v) is 7.48. The van der Waals surface area contributed by atoms with Crippen molar-refractivity contribution in [1.29, 1.82) is 0 Å². The van der Waals surface area contributed by atoms with Crippen molar-refractivity contribution in [2.75, 3.05) is 32.8 Å². The number of piperazine rings is 1. The third-order valence-electron chi connectivity index (χ3n) is 10.1. The molecule has 11 heteroatoms. The van der Waals surface area contributed by atoms with Crippen LogP contribution in [-0.2, 0) is 32.0 Å². The van der Waals surface area contributed by atoms with Gasteiger partial charge in [-0.3, -0.25) is 24.1 Å². The standard InChI is InChI=1S/C39H58N6O5/c1-27(2)21-30(37(48)42-34(15-9-10-18-40)39(50)44-25-31-16-17-32(26-44)45(31)19-20-46)24-36(47)35(23-29-13-7-4-8-14-29)43-38(49)33(41)22-28-11-5-3-6-12-28/h3-8,11-14,27,30-35,46H,9-10,15-26,40-41H2,1-2H3,(H,42,48)(H,43,49). The summed E-state index contributed by atoms with van der Waals surface area (Å²) < 4.78 is 0. The highest BCUT2D eigenvalue weighted by Crippen LogP contribution is 2.30. The number of nitrogens with two attached hydrogens (primary N) is 2. The van der Waals surface area contributed by atoms with Gasteiger partial charge in [-0.05, 0) is 75.0 Å². The topological polar surface area (TPSA) is 171 Å². The summed E-state index contributed by atoms with van der Waals surface area (Å²) in [6, 6.07) is 16.9. The van der Waals surface area contributed by atoms with Crippen molar-refractivity contribution in [1.82, 2.24) is 20.4 Å². The van der Waals surface area contributed by atoms with Crippen molar-refractivity contribution in [3.8, 4) is 0 Å². The zero-order chi connectivity index (χ0) is 36.0. The molecule has 274 valence electrons. The van der Waals surface area contributed by atoms with Gasteiger partial charge in [-0.1, -0.05) is 74.5 Å². The molecule has 2 heterocycles. The van der Waals surface area contributed by atoms with Gasteiger partial charge in [0.15, 0.2) is 5.78 Å². The molecule has 0 saturated carbocycles. The SMILES string of the molecule is CC(C)CC(CC(=O)C(Cc1ccccc1)NC(=O)C(N)Cc1ccccc1)C(=O)NC(CCCCN)C(=O)N1CC2CCC(C1)N2CCO. The zero-order valence-corrected chi connectivity index (χ0v) is 29.8.